The van der Waals surface area contributed by atoms with E-state index in [-0.39, 0.29) is 11.5 Å². The van der Waals surface area contributed by atoms with Gasteiger partial charge in [0.2, 0.25) is 0 Å². The van der Waals surface area contributed by atoms with Crippen LogP contribution in [0.1, 0.15) is 16.7 Å². The number of ether oxygens (including phenoxy) is 1. The molecule has 0 unspecified atom stereocenters. The lowest BCUT2D eigenvalue weighted by molar-refractivity contribution is -0.274. The molecule has 0 aromatic heterocycles. The average Bonchev–Trinajstić information content (AvgIpc) is 2.82. The largest absolute Gasteiger partial charge is 0.573 e. The van der Waals surface area contributed by atoms with Gasteiger partial charge in [0.1, 0.15) is 11.5 Å². The maximum absolute atomic E-state index is 12.1. The maximum Gasteiger partial charge on any atom is 0.573 e. The van der Waals surface area contributed by atoms with Crippen LogP contribution in [0.25, 0.3) is 0 Å². The molecule has 0 saturated heterocycles. The Labute approximate surface area is 135 Å². The Morgan fingerprint density at radius 3 is 2.48 bits per heavy atom. The summed E-state index contributed by atoms with van der Waals surface area (Å²) in [6.45, 7) is 1.83. The molecule has 1 aliphatic rings. The standard InChI is InChI=1S/C16H13ClF3NO2/c17-15-6-12(22)5-11-8-21(9-14(11)15)7-10-1-3-13(4-2-10)23-16(18,19)20/h1-6,22H,7-9H2. The summed E-state index contributed by atoms with van der Waals surface area (Å²) in [5.41, 5.74) is 2.81. The second-order valence-electron chi connectivity index (χ2n) is 5.40. The Morgan fingerprint density at radius 2 is 1.83 bits per heavy atom. The van der Waals surface area contributed by atoms with Gasteiger partial charge in [0.15, 0.2) is 0 Å². The van der Waals surface area contributed by atoms with Crippen LogP contribution in [-0.4, -0.2) is 16.4 Å². The number of fused-ring (bicyclic) bond motifs is 1. The van der Waals surface area contributed by atoms with Gasteiger partial charge in [-0.15, -0.1) is 13.2 Å². The van der Waals surface area contributed by atoms with Gasteiger partial charge < -0.3 is 9.84 Å². The maximum atomic E-state index is 12.1. The highest BCUT2D eigenvalue weighted by atomic mass is 35.5. The van der Waals surface area contributed by atoms with E-state index in [2.05, 4.69) is 9.64 Å². The molecule has 0 spiro atoms. The molecule has 0 aliphatic carbocycles. The predicted octanol–water partition coefficient (Wildman–Crippen LogP) is 4.46. The molecule has 122 valence electrons. The first-order valence-corrected chi connectivity index (χ1v) is 7.25. The number of hydrogen-bond donors (Lipinski definition) is 1. The predicted molar refractivity (Wildman–Crippen MR) is 79.2 cm³/mol. The van der Waals surface area contributed by atoms with Crippen LogP contribution in [-0.2, 0) is 19.6 Å². The molecule has 0 amide bonds. The van der Waals surface area contributed by atoms with Crippen molar-refractivity contribution < 1.29 is 23.0 Å². The van der Waals surface area contributed by atoms with E-state index in [4.69, 9.17) is 11.6 Å². The summed E-state index contributed by atoms with van der Waals surface area (Å²) in [5, 5.41) is 10.1. The fourth-order valence-electron chi connectivity index (χ4n) is 2.68. The van der Waals surface area contributed by atoms with E-state index >= 15 is 0 Å². The molecular weight excluding hydrogens is 331 g/mol. The molecule has 0 bridgehead atoms. The lowest BCUT2D eigenvalue weighted by atomic mass is 10.1. The number of benzene rings is 2. The highest BCUT2D eigenvalue weighted by Gasteiger charge is 2.31. The van der Waals surface area contributed by atoms with Crippen molar-refractivity contribution in [3.63, 3.8) is 0 Å². The minimum Gasteiger partial charge on any atom is -0.508 e. The lowest BCUT2D eigenvalue weighted by Gasteiger charge is -2.15. The van der Waals surface area contributed by atoms with Crippen LogP contribution in [0.15, 0.2) is 36.4 Å². The van der Waals surface area contributed by atoms with Gasteiger partial charge in [-0.1, -0.05) is 23.7 Å². The third-order valence-electron chi connectivity index (χ3n) is 3.61. The van der Waals surface area contributed by atoms with E-state index in [1.165, 1.54) is 18.2 Å². The molecule has 3 rings (SSSR count). The Balaban J connectivity index is 1.66. The summed E-state index contributed by atoms with van der Waals surface area (Å²) in [6.07, 6.45) is -4.68. The van der Waals surface area contributed by atoms with Crippen LogP contribution < -0.4 is 4.74 Å². The van der Waals surface area contributed by atoms with Crippen LogP contribution in [0, 0.1) is 0 Å². The lowest BCUT2D eigenvalue weighted by Crippen LogP contribution is -2.17. The topological polar surface area (TPSA) is 32.7 Å². The van der Waals surface area contributed by atoms with Gasteiger partial charge in [0.25, 0.3) is 0 Å². The third-order valence-corrected chi connectivity index (χ3v) is 3.95. The highest BCUT2D eigenvalue weighted by molar-refractivity contribution is 6.31. The van der Waals surface area contributed by atoms with E-state index in [0.717, 1.165) is 16.7 Å². The number of alkyl halides is 3. The first kappa shape index (κ1) is 16.0. The number of phenols is 1. The zero-order chi connectivity index (χ0) is 16.6. The fourth-order valence-corrected chi connectivity index (χ4v) is 2.98. The van der Waals surface area contributed by atoms with Gasteiger partial charge in [-0.25, -0.2) is 0 Å². The van der Waals surface area contributed by atoms with Gasteiger partial charge in [0, 0.05) is 24.7 Å². The van der Waals surface area contributed by atoms with Crippen molar-refractivity contribution in [2.24, 2.45) is 0 Å². The Kier molecular flexibility index (Phi) is 4.12. The summed E-state index contributed by atoms with van der Waals surface area (Å²) in [4.78, 5) is 2.09. The average molecular weight is 344 g/mol. The van der Waals surface area contributed by atoms with Gasteiger partial charge >= 0.3 is 6.36 Å². The monoisotopic (exact) mass is 343 g/mol. The minimum absolute atomic E-state index is 0.129. The number of aromatic hydroxyl groups is 1. The van der Waals surface area contributed by atoms with E-state index in [9.17, 15) is 18.3 Å². The zero-order valence-corrected chi connectivity index (χ0v) is 12.7. The molecular formula is C16H13ClF3NO2. The Hall–Kier alpha value is -1.92. The van der Waals surface area contributed by atoms with Crippen molar-refractivity contribution in [3.05, 3.63) is 58.1 Å². The number of rotatable bonds is 3. The summed E-state index contributed by atoms with van der Waals surface area (Å²) < 4.78 is 40.2. The summed E-state index contributed by atoms with van der Waals surface area (Å²) in [7, 11) is 0. The first-order valence-electron chi connectivity index (χ1n) is 6.87. The van der Waals surface area contributed by atoms with Crippen LogP contribution >= 0.6 is 11.6 Å². The molecule has 7 heteroatoms. The van der Waals surface area contributed by atoms with E-state index in [1.54, 1.807) is 18.2 Å². The van der Waals surface area contributed by atoms with Crippen molar-refractivity contribution in [2.45, 2.75) is 26.0 Å². The molecule has 1 heterocycles. The van der Waals surface area contributed by atoms with Crippen LogP contribution in [0.4, 0.5) is 13.2 Å². The zero-order valence-electron chi connectivity index (χ0n) is 11.9. The van der Waals surface area contributed by atoms with Crippen molar-refractivity contribution in [1.29, 1.82) is 0 Å². The smallest absolute Gasteiger partial charge is 0.508 e. The van der Waals surface area contributed by atoms with E-state index < -0.39 is 6.36 Å². The molecule has 0 fully saturated rings. The second kappa shape index (κ2) is 5.94. The molecule has 2 aromatic carbocycles. The minimum atomic E-state index is -4.68. The normalized spacial score (nSPS) is 14.8. The number of phenolic OH excluding ortho intramolecular Hbond substituents is 1. The molecule has 3 nitrogen and oxygen atoms in total. The SMILES string of the molecule is Oc1cc(Cl)c2c(c1)CN(Cc1ccc(OC(F)(F)F)cc1)C2. The van der Waals surface area contributed by atoms with E-state index in [0.29, 0.717) is 24.7 Å². The van der Waals surface area contributed by atoms with Gasteiger partial charge in [-0.05, 0) is 41.0 Å². The van der Waals surface area contributed by atoms with Crippen LogP contribution in [0.3, 0.4) is 0 Å². The number of hydrogen-bond acceptors (Lipinski definition) is 3. The quantitative estimate of drug-likeness (QED) is 0.893. The molecule has 1 N–H and O–H groups in total. The summed E-state index contributed by atoms with van der Waals surface area (Å²) in [6, 6.07) is 8.98. The number of halogens is 4. The first-order chi connectivity index (χ1) is 10.8. The Bertz CT molecular complexity index is 717. The van der Waals surface area contributed by atoms with Crippen molar-refractivity contribution in [1.82, 2.24) is 4.90 Å². The van der Waals surface area contributed by atoms with E-state index in [1.807, 2.05) is 0 Å². The third kappa shape index (κ3) is 3.89. The second-order valence-corrected chi connectivity index (χ2v) is 5.81. The molecule has 2 aromatic rings. The molecule has 0 radical (unpaired) electrons. The molecule has 1 aliphatic heterocycles. The van der Waals surface area contributed by atoms with Gasteiger partial charge in [0.05, 0.1) is 0 Å². The molecule has 0 saturated carbocycles. The van der Waals surface area contributed by atoms with Crippen molar-refractivity contribution in [2.75, 3.05) is 0 Å². The van der Waals surface area contributed by atoms with Gasteiger partial charge in [-0.3, -0.25) is 4.90 Å². The molecule has 23 heavy (non-hydrogen) atoms. The highest BCUT2D eigenvalue weighted by Crippen LogP contribution is 2.33. The fraction of sp³-hybridized carbons (Fsp3) is 0.250. The van der Waals surface area contributed by atoms with Crippen molar-refractivity contribution in [3.8, 4) is 11.5 Å². The molecule has 0 atom stereocenters. The van der Waals surface area contributed by atoms with Crippen LogP contribution in [0.5, 0.6) is 11.5 Å². The summed E-state index contributed by atoms with van der Waals surface area (Å²) in [5.74, 6) is -0.108. The van der Waals surface area contributed by atoms with Gasteiger partial charge in [-0.2, -0.15) is 0 Å². The summed E-state index contributed by atoms with van der Waals surface area (Å²) >= 11 is 6.12. The van der Waals surface area contributed by atoms with Crippen molar-refractivity contribution >= 4 is 11.6 Å². The van der Waals surface area contributed by atoms with Crippen LogP contribution in [0.2, 0.25) is 5.02 Å². The number of nitrogens with zero attached hydrogens (tertiary/aromatic N) is 1. The Morgan fingerprint density at radius 1 is 1.13 bits per heavy atom.